The Kier molecular flexibility index (Phi) is 5.30. The number of carbonyl (C=O) groups excluding carboxylic acids is 2. The number of amides is 2. The molecule has 2 heterocycles. The van der Waals surface area contributed by atoms with Crippen LogP contribution in [-0.2, 0) is 11.8 Å². The normalized spacial score (nSPS) is 10.5. The van der Waals surface area contributed by atoms with E-state index < -0.39 is 0 Å². The van der Waals surface area contributed by atoms with Crippen molar-refractivity contribution in [2.45, 2.75) is 0 Å². The molecular formula is C20H21N5O2. The highest BCUT2D eigenvalue weighted by atomic mass is 16.2. The highest BCUT2D eigenvalue weighted by Crippen LogP contribution is 2.22. The van der Waals surface area contributed by atoms with Gasteiger partial charge in [0.25, 0.3) is 5.91 Å². The van der Waals surface area contributed by atoms with Crippen molar-refractivity contribution < 1.29 is 9.59 Å². The maximum absolute atomic E-state index is 12.3. The molecule has 3 rings (SSSR count). The summed E-state index contributed by atoms with van der Waals surface area (Å²) in [4.78, 5) is 34.2. The molecule has 0 fully saturated rings. The van der Waals surface area contributed by atoms with Crippen molar-refractivity contribution in [2.24, 2.45) is 7.05 Å². The van der Waals surface area contributed by atoms with Gasteiger partial charge in [0.2, 0.25) is 5.91 Å². The first-order valence-corrected chi connectivity index (χ1v) is 8.48. The number of rotatable bonds is 5. The van der Waals surface area contributed by atoms with Crippen LogP contribution >= 0.6 is 0 Å². The van der Waals surface area contributed by atoms with Crippen molar-refractivity contribution in [3.8, 4) is 22.5 Å². The van der Waals surface area contributed by atoms with Gasteiger partial charge in [-0.1, -0.05) is 30.3 Å². The van der Waals surface area contributed by atoms with Gasteiger partial charge in [0.05, 0.1) is 6.54 Å². The van der Waals surface area contributed by atoms with E-state index in [1.165, 1.54) is 4.90 Å². The molecule has 27 heavy (non-hydrogen) atoms. The van der Waals surface area contributed by atoms with E-state index in [1.54, 1.807) is 44.2 Å². The second-order valence-corrected chi connectivity index (χ2v) is 6.36. The lowest BCUT2D eigenvalue weighted by atomic mass is 10.1. The minimum Gasteiger partial charge on any atom is -0.347 e. The highest BCUT2D eigenvalue weighted by molar-refractivity contribution is 5.96. The standard InChI is InChI=1S/C20H21N5O2/c1-24(2)18(26)12-23-20(27)17-9-15(13-25(17)3)16-10-21-19(22-11-16)14-7-5-4-6-8-14/h4-11,13H,12H2,1-3H3,(H,23,27). The second kappa shape index (κ2) is 7.82. The monoisotopic (exact) mass is 363 g/mol. The molecule has 0 aliphatic heterocycles. The third-order valence-corrected chi connectivity index (χ3v) is 4.15. The molecular weight excluding hydrogens is 342 g/mol. The maximum Gasteiger partial charge on any atom is 0.268 e. The first kappa shape index (κ1) is 18.3. The molecule has 3 aromatic rings. The van der Waals surface area contributed by atoms with Gasteiger partial charge >= 0.3 is 0 Å². The summed E-state index contributed by atoms with van der Waals surface area (Å²) in [5.41, 5.74) is 3.06. The van der Waals surface area contributed by atoms with Gasteiger partial charge in [0.1, 0.15) is 5.69 Å². The zero-order valence-electron chi connectivity index (χ0n) is 15.5. The molecule has 0 bridgehead atoms. The van der Waals surface area contributed by atoms with Crippen LogP contribution in [0.15, 0.2) is 55.0 Å². The Balaban J connectivity index is 1.76. The lowest BCUT2D eigenvalue weighted by Crippen LogP contribution is -2.36. The van der Waals surface area contributed by atoms with Crippen LogP contribution in [0.3, 0.4) is 0 Å². The number of aryl methyl sites for hydroxylation is 1. The smallest absolute Gasteiger partial charge is 0.268 e. The highest BCUT2D eigenvalue weighted by Gasteiger charge is 2.15. The van der Waals surface area contributed by atoms with Crippen LogP contribution in [0.25, 0.3) is 22.5 Å². The molecule has 138 valence electrons. The van der Waals surface area contributed by atoms with Crippen LogP contribution < -0.4 is 5.32 Å². The number of hydrogen-bond acceptors (Lipinski definition) is 4. The Morgan fingerprint density at radius 1 is 1.04 bits per heavy atom. The number of hydrogen-bond donors (Lipinski definition) is 1. The average Bonchev–Trinajstić information content (AvgIpc) is 3.08. The first-order chi connectivity index (χ1) is 13.0. The van der Waals surface area contributed by atoms with E-state index in [2.05, 4.69) is 15.3 Å². The van der Waals surface area contributed by atoms with Gasteiger partial charge in [-0.3, -0.25) is 9.59 Å². The summed E-state index contributed by atoms with van der Waals surface area (Å²) in [6, 6.07) is 11.5. The predicted molar refractivity (Wildman–Crippen MR) is 103 cm³/mol. The molecule has 7 heteroatoms. The quantitative estimate of drug-likeness (QED) is 0.752. The van der Waals surface area contributed by atoms with Gasteiger partial charge < -0.3 is 14.8 Å². The summed E-state index contributed by atoms with van der Waals surface area (Å²) in [6.45, 7) is -0.0404. The molecule has 1 aromatic carbocycles. The molecule has 2 amide bonds. The fourth-order valence-electron chi connectivity index (χ4n) is 2.57. The molecule has 1 N–H and O–H groups in total. The average molecular weight is 363 g/mol. The fraction of sp³-hybridized carbons (Fsp3) is 0.200. The lowest BCUT2D eigenvalue weighted by molar-refractivity contribution is -0.127. The van der Waals surface area contributed by atoms with Crippen molar-refractivity contribution in [3.63, 3.8) is 0 Å². The van der Waals surface area contributed by atoms with Crippen molar-refractivity contribution in [3.05, 3.63) is 60.7 Å². The van der Waals surface area contributed by atoms with Gasteiger partial charge in [-0.2, -0.15) is 0 Å². The molecule has 0 unspecified atom stereocenters. The zero-order chi connectivity index (χ0) is 19.4. The summed E-state index contributed by atoms with van der Waals surface area (Å²) in [5, 5.41) is 2.63. The topological polar surface area (TPSA) is 80.1 Å². The number of nitrogens with one attached hydrogen (secondary N) is 1. The van der Waals surface area contributed by atoms with Crippen molar-refractivity contribution in [1.82, 2.24) is 24.8 Å². The minimum atomic E-state index is -0.305. The fourth-order valence-corrected chi connectivity index (χ4v) is 2.57. The summed E-state index contributed by atoms with van der Waals surface area (Å²) < 4.78 is 1.72. The molecule has 0 saturated carbocycles. The molecule has 0 aliphatic carbocycles. The van der Waals surface area contributed by atoms with Gasteiger partial charge in [-0.05, 0) is 6.07 Å². The van der Waals surface area contributed by atoms with E-state index in [1.807, 2.05) is 36.5 Å². The minimum absolute atomic E-state index is 0.0404. The molecule has 0 spiro atoms. The van der Waals surface area contributed by atoms with E-state index in [-0.39, 0.29) is 18.4 Å². The summed E-state index contributed by atoms with van der Waals surface area (Å²) in [6.07, 6.45) is 5.31. The number of likely N-dealkylation sites (N-methyl/N-ethyl adjacent to an activating group) is 1. The van der Waals surface area contributed by atoms with Crippen LogP contribution in [0.2, 0.25) is 0 Å². The second-order valence-electron chi connectivity index (χ2n) is 6.36. The van der Waals surface area contributed by atoms with E-state index in [4.69, 9.17) is 0 Å². The van der Waals surface area contributed by atoms with Gasteiger partial charge in [-0.15, -0.1) is 0 Å². The van der Waals surface area contributed by atoms with Crippen LogP contribution in [0.1, 0.15) is 10.5 Å². The number of nitrogens with zero attached hydrogens (tertiary/aromatic N) is 4. The van der Waals surface area contributed by atoms with Crippen molar-refractivity contribution in [2.75, 3.05) is 20.6 Å². The zero-order valence-corrected chi connectivity index (χ0v) is 15.5. The van der Waals surface area contributed by atoms with Gasteiger partial charge in [0.15, 0.2) is 5.82 Å². The predicted octanol–water partition coefficient (Wildman–Crippen LogP) is 1.97. The van der Waals surface area contributed by atoms with E-state index in [0.717, 1.165) is 16.7 Å². The first-order valence-electron chi connectivity index (χ1n) is 8.48. The van der Waals surface area contributed by atoms with Crippen molar-refractivity contribution >= 4 is 11.8 Å². The Morgan fingerprint density at radius 3 is 2.33 bits per heavy atom. The molecule has 2 aromatic heterocycles. The van der Waals surface area contributed by atoms with Crippen LogP contribution in [-0.4, -0.2) is 51.9 Å². The third kappa shape index (κ3) is 4.20. The van der Waals surface area contributed by atoms with Crippen LogP contribution in [0.4, 0.5) is 0 Å². The number of benzene rings is 1. The molecule has 0 atom stereocenters. The van der Waals surface area contributed by atoms with E-state index in [0.29, 0.717) is 11.5 Å². The van der Waals surface area contributed by atoms with E-state index >= 15 is 0 Å². The number of aromatic nitrogens is 3. The Hall–Kier alpha value is -3.48. The Bertz CT molecular complexity index is 946. The Morgan fingerprint density at radius 2 is 1.70 bits per heavy atom. The SMILES string of the molecule is CN(C)C(=O)CNC(=O)c1cc(-c2cnc(-c3ccccc3)nc2)cn1C. The molecule has 0 radical (unpaired) electrons. The molecule has 7 nitrogen and oxygen atoms in total. The summed E-state index contributed by atoms with van der Waals surface area (Å²) in [5.74, 6) is 0.180. The number of carbonyl (C=O) groups is 2. The summed E-state index contributed by atoms with van der Waals surface area (Å²) in [7, 11) is 5.08. The maximum atomic E-state index is 12.3. The molecule has 0 saturated heterocycles. The largest absolute Gasteiger partial charge is 0.347 e. The van der Waals surface area contributed by atoms with E-state index in [9.17, 15) is 9.59 Å². The van der Waals surface area contributed by atoms with Gasteiger partial charge in [-0.25, -0.2) is 9.97 Å². The van der Waals surface area contributed by atoms with Crippen molar-refractivity contribution in [1.29, 1.82) is 0 Å². The third-order valence-electron chi connectivity index (χ3n) is 4.15. The van der Waals surface area contributed by atoms with Crippen LogP contribution in [0, 0.1) is 0 Å². The van der Waals surface area contributed by atoms with Crippen LogP contribution in [0.5, 0.6) is 0 Å². The van der Waals surface area contributed by atoms with Gasteiger partial charge in [0, 0.05) is 56.4 Å². The lowest BCUT2D eigenvalue weighted by Gasteiger charge is -2.11. The Labute approximate surface area is 157 Å². The summed E-state index contributed by atoms with van der Waals surface area (Å²) >= 11 is 0. The molecule has 0 aliphatic rings.